The molecule has 1 aliphatic heterocycles. The molecule has 72 valence electrons. The number of nitrogens with zero attached hydrogens (tertiary/aromatic N) is 3. The SMILES string of the molecule is c1n[nH]c(-c2nc3c(s2)CSCC3)n1. The number of hydrogen-bond acceptors (Lipinski definition) is 5. The highest BCUT2D eigenvalue weighted by atomic mass is 32.2. The summed E-state index contributed by atoms with van der Waals surface area (Å²) in [7, 11) is 0. The van der Waals surface area contributed by atoms with Crippen molar-refractivity contribution in [3.05, 3.63) is 16.9 Å². The highest BCUT2D eigenvalue weighted by molar-refractivity contribution is 7.98. The second kappa shape index (κ2) is 3.36. The van der Waals surface area contributed by atoms with Gasteiger partial charge in [-0.1, -0.05) is 0 Å². The first-order chi connectivity index (χ1) is 6.93. The maximum Gasteiger partial charge on any atom is 0.184 e. The second-order valence-corrected chi connectivity index (χ2v) is 5.21. The molecule has 1 aliphatic rings. The minimum absolute atomic E-state index is 0.786. The number of aryl methyl sites for hydroxylation is 1. The monoisotopic (exact) mass is 224 g/mol. The summed E-state index contributed by atoms with van der Waals surface area (Å²) in [5.41, 5.74) is 1.25. The standard InChI is InChI=1S/C8H8N4S2/c1-2-13-3-6-5(1)11-8(14-6)7-9-4-10-12-7/h4H,1-3H2,(H,9,10,12). The van der Waals surface area contributed by atoms with Crippen LogP contribution in [0.2, 0.25) is 0 Å². The molecule has 0 atom stereocenters. The van der Waals surface area contributed by atoms with Gasteiger partial charge in [-0.05, 0) is 12.2 Å². The van der Waals surface area contributed by atoms with Gasteiger partial charge in [0.25, 0.3) is 0 Å². The lowest BCUT2D eigenvalue weighted by atomic mass is 10.3. The number of aromatic amines is 1. The van der Waals surface area contributed by atoms with Crippen LogP contribution in [0.5, 0.6) is 0 Å². The lowest BCUT2D eigenvalue weighted by molar-refractivity contribution is 1.02. The van der Waals surface area contributed by atoms with Gasteiger partial charge >= 0.3 is 0 Å². The van der Waals surface area contributed by atoms with Gasteiger partial charge in [0, 0.05) is 10.6 Å². The summed E-state index contributed by atoms with van der Waals surface area (Å²) >= 11 is 3.70. The van der Waals surface area contributed by atoms with Crippen molar-refractivity contribution in [1.82, 2.24) is 20.2 Å². The van der Waals surface area contributed by atoms with E-state index in [1.165, 1.54) is 22.7 Å². The van der Waals surface area contributed by atoms with Crippen LogP contribution in [0, 0.1) is 0 Å². The van der Waals surface area contributed by atoms with Gasteiger partial charge in [-0.15, -0.1) is 11.3 Å². The normalized spacial score (nSPS) is 15.4. The van der Waals surface area contributed by atoms with Crippen LogP contribution in [0.25, 0.3) is 10.8 Å². The minimum atomic E-state index is 0.786. The van der Waals surface area contributed by atoms with Gasteiger partial charge in [-0.2, -0.15) is 16.9 Å². The zero-order valence-electron chi connectivity index (χ0n) is 7.36. The molecule has 3 heterocycles. The molecular formula is C8H8N4S2. The third-order valence-electron chi connectivity index (χ3n) is 2.11. The summed E-state index contributed by atoms with van der Waals surface area (Å²) in [5, 5.41) is 7.64. The van der Waals surface area contributed by atoms with E-state index >= 15 is 0 Å². The summed E-state index contributed by atoms with van der Waals surface area (Å²) in [5.74, 6) is 3.07. The summed E-state index contributed by atoms with van der Waals surface area (Å²) < 4.78 is 0. The zero-order valence-corrected chi connectivity index (χ0v) is 8.99. The van der Waals surface area contributed by atoms with Crippen molar-refractivity contribution in [3.63, 3.8) is 0 Å². The molecule has 6 heteroatoms. The second-order valence-electron chi connectivity index (χ2n) is 3.03. The minimum Gasteiger partial charge on any atom is -0.257 e. The fraction of sp³-hybridized carbons (Fsp3) is 0.375. The Morgan fingerprint density at radius 1 is 1.43 bits per heavy atom. The van der Waals surface area contributed by atoms with E-state index in [0.717, 1.165) is 23.0 Å². The van der Waals surface area contributed by atoms with Crippen molar-refractivity contribution in [3.8, 4) is 10.8 Å². The molecule has 0 amide bonds. The van der Waals surface area contributed by atoms with Crippen molar-refractivity contribution >= 4 is 23.1 Å². The van der Waals surface area contributed by atoms with Crippen molar-refractivity contribution < 1.29 is 0 Å². The summed E-state index contributed by atoms with van der Waals surface area (Å²) in [4.78, 5) is 10.1. The van der Waals surface area contributed by atoms with Crippen LogP contribution in [-0.4, -0.2) is 25.9 Å². The van der Waals surface area contributed by atoms with E-state index in [1.54, 1.807) is 11.3 Å². The van der Waals surface area contributed by atoms with Crippen LogP contribution in [0.3, 0.4) is 0 Å². The molecule has 0 aromatic carbocycles. The van der Waals surface area contributed by atoms with Gasteiger partial charge in [0.2, 0.25) is 0 Å². The van der Waals surface area contributed by atoms with Crippen LogP contribution in [0.4, 0.5) is 0 Å². The maximum absolute atomic E-state index is 4.56. The molecule has 0 bridgehead atoms. The summed E-state index contributed by atoms with van der Waals surface area (Å²) in [6.45, 7) is 0. The zero-order chi connectivity index (χ0) is 9.38. The van der Waals surface area contributed by atoms with Gasteiger partial charge in [-0.3, -0.25) is 5.10 Å². The Hall–Kier alpha value is -0.880. The van der Waals surface area contributed by atoms with E-state index in [4.69, 9.17) is 0 Å². The molecule has 0 saturated heterocycles. The smallest absolute Gasteiger partial charge is 0.184 e. The maximum atomic E-state index is 4.56. The van der Waals surface area contributed by atoms with Crippen LogP contribution < -0.4 is 0 Å². The number of aromatic nitrogens is 4. The number of rotatable bonds is 1. The summed E-state index contributed by atoms with van der Waals surface area (Å²) in [6.07, 6.45) is 2.61. The number of thioether (sulfide) groups is 1. The highest BCUT2D eigenvalue weighted by Crippen LogP contribution is 2.32. The van der Waals surface area contributed by atoms with Crippen molar-refractivity contribution in [2.75, 3.05) is 5.75 Å². The first-order valence-corrected chi connectivity index (χ1v) is 6.32. The predicted molar refractivity (Wildman–Crippen MR) is 57.4 cm³/mol. The molecule has 0 spiro atoms. The van der Waals surface area contributed by atoms with E-state index < -0.39 is 0 Å². The molecule has 1 N–H and O–H groups in total. The number of H-pyrrole nitrogens is 1. The number of thiazole rings is 1. The lowest BCUT2D eigenvalue weighted by Gasteiger charge is -2.06. The fourth-order valence-corrected chi connectivity index (χ4v) is 3.60. The highest BCUT2D eigenvalue weighted by Gasteiger charge is 2.17. The Kier molecular flexibility index (Phi) is 2.02. The molecule has 3 rings (SSSR count). The first-order valence-electron chi connectivity index (χ1n) is 4.35. The van der Waals surface area contributed by atoms with Crippen LogP contribution in [0.1, 0.15) is 10.6 Å². The van der Waals surface area contributed by atoms with Crippen molar-refractivity contribution in [2.24, 2.45) is 0 Å². The van der Waals surface area contributed by atoms with Crippen molar-refractivity contribution in [2.45, 2.75) is 12.2 Å². The quantitative estimate of drug-likeness (QED) is 0.801. The van der Waals surface area contributed by atoms with E-state index in [9.17, 15) is 0 Å². The molecule has 0 unspecified atom stereocenters. The molecular weight excluding hydrogens is 216 g/mol. The average molecular weight is 224 g/mol. The van der Waals surface area contributed by atoms with Gasteiger partial charge in [-0.25, -0.2) is 9.97 Å². The molecule has 0 radical (unpaired) electrons. The van der Waals surface area contributed by atoms with E-state index in [0.29, 0.717) is 0 Å². The number of hydrogen-bond donors (Lipinski definition) is 1. The van der Waals surface area contributed by atoms with Gasteiger partial charge in [0.1, 0.15) is 6.33 Å². The largest absolute Gasteiger partial charge is 0.257 e. The van der Waals surface area contributed by atoms with Crippen LogP contribution in [-0.2, 0) is 12.2 Å². The molecule has 0 fully saturated rings. The molecule has 14 heavy (non-hydrogen) atoms. The third kappa shape index (κ3) is 1.34. The Bertz CT molecular complexity index is 411. The Morgan fingerprint density at radius 2 is 2.43 bits per heavy atom. The molecule has 0 aliphatic carbocycles. The van der Waals surface area contributed by atoms with Gasteiger partial charge in [0.15, 0.2) is 10.8 Å². The number of fused-ring (bicyclic) bond motifs is 1. The van der Waals surface area contributed by atoms with E-state index in [-0.39, 0.29) is 0 Å². The van der Waals surface area contributed by atoms with Crippen LogP contribution in [0.15, 0.2) is 6.33 Å². The Labute approximate surface area is 89.2 Å². The number of nitrogens with one attached hydrogen (secondary N) is 1. The Morgan fingerprint density at radius 3 is 3.21 bits per heavy atom. The molecule has 0 saturated carbocycles. The van der Waals surface area contributed by atoms with Gasteiger partial charge in [0.05, 0.1) is 5.69 Å². The average Bonchev–Trinajstić information content (AvgIpc) is 2.86. The molecule has 4 nitrogen and oxygen atoms in total. The van der Waals surface area contributed by atoms with Gasteiger partial charge < -0.3 is 0 Å². The Balaban J connectivity index is 2.04. The van der Waals surface area contributed by atoms with E-state index in [1.807, 2.05) is 11.8 Å². The summed E-state index contributed by atoms with van der Waals surface area (Å²) in [6, 6.07) is 0. The first kappa shape index (κ1) is 8.43. The lowest BCUT2D eigenvalue weighted by Crippen LogP contribution is -1.99. The molecule has 2 aromatic heterocycles. The fourth-order valence-electron chi connectivity index (χ4n) is 1.43. The van der Waals surface area contributed by atoms with Crippen LogP contribution >= 0.6 is 23.1 Å². The predicted octanol–water partition coefficient (Wildman–Crippen LogP) is 1.72. The topological polar surface area (TPSA) is 54.5 Å². The molecule has 2 aromatic rings. The van der Waals surface area contributed by atoms with E-state index in [2.05, 4.69) is 20.2 Å². The van der Waals surface area contributed by atoms with Crippen molar-refractivity contribution in [1.29, 1.82) is 0 Å². The third-order valence-corrected chi connectivity index (χ3v) is 4.38.